The Hall–Kier alpha value is -1.75. The molecule has 0 radical (unpaired) electrons. The smallest absolute Gasteiger partial charge is 0.234 e. The molecular weight excluding hydrogens is 256 g/mol. The number of carbonyl (C=O) groups is 1. The summed E-state index contributed by atoms with van der Waals surface area (Å²) in [6, 6.07) is 7.61. The summed E-state index contributed by atoms with van der Waals surface area (Å²) < 4.78 is 11.0. The average molecular weight is 278 g/mol. The molecule has 0 spiro atoms. The van der Waals surface area contributed by atoms with Crippen molar-refractivity contribution in [3.8, 4) is 11.5 Å². The van der Waals surface area contributed by atoms with Crippen LogP contribution < -0.4 is 20.5 Å². The van der Waals surface area contributed by atoms with Crippen LogP contribution in [0.2, 0.25) is 0 Å². The van der Waals surface area contributed by atoms with Gasteiger partial charge in [-0.2, -0.15) is 0 Å². The van der Waals surface area contributed by atoms with Crippen molar-refractivity contribution in [1.29, 1.82) is 0 Å². The number of nitrogens with two attached hydrogens (primary N) is 1. The lowest BCUT2D eigenvalue weighted by Crippen LogP contribution is -2.43. The first-order valence-corrected chi connectivity index (χ1v) is 7.10. The number of amides is 1. The Morgan fingerprint density at radius 2 is 1.90 bits per heavy atom. The largest absolute Gasteiger partial charge is 0.494 e. The maximum atomic E-state index is 11.3. The third-order valence-electron chi connectivity index (χ3n) is 3.17. The van der Waals surface area contributed by atoms with Crippen LogP contribution in [0.25, 0.3) is 0 Å². The summed E-state index contributed by atoms with van der Waals surface area (Å²) >= 11 is 0. The lowest BCUT2D eigenvalue weighted by Gasteiger charge is -2.15. The van der Waals surface area contributed by atoms with Gasteiger partial charge in [0.2, 0.25) is 5.91 Å². The highest BCUT2D eigenvalue weighted by molar-refractivity contribution is 5.79. The van der Waals surface area contributed by atoms with E-state index in [0.29, 0.717) is 25.7 Å². The van der Waals surface area contributed by atoms with Crippen molar-refractivity contribution in [1.82, 2.24) is 5.32 Å². The number of primary amides is 1. The number of carbonyl (C=O) groups excluding carboxylic acids is 1. The SMILES string of the molecule is CCOc1ccc(OCCC(NC2CC2)C(N)=O)cc1. The van der Waals surface area contributed by atoms with Gasteiger partial charge in [-0.25, -0.2) is 0 Å². The Morgan fingerprint density at radius 1 is 1.30 bits per heavy atom. The van der Waals surface area contributed by atoms with Crippen molar-refractivity contribution in [2.24, 2.45) is 5.73 Å². The number of ether oxygens (including phenoxy) is 2. The summed E-state index contributed by atoms with van der Waals surface area (Å²) in [5.41, 5.74) is 5.37. The van der Waals surface area contributed by atoms with Gasteiger partial charge in [0, 0.05) is 12.5 Å². The van der Waals surface area contributed by atoms with Crippen molar-refractivity contribution in [2.45, 2.75) is 38.3 Å². The van der Waals surface area contributed by atoms with Crippen LogP contribution in [0.5, 0.6) is 11.5 Å². The first-order chi connectivity index (χ1) is 9.69. The molecule has 1 saturated carbocycles. The Bertz CT molecular complexity index is 429. The summed E-state index contributed by atoms with van der Waals surface area (Å²) in [5, 5.41) is 3.23. The molecule has 0 heterocycles. The number of nitrogens with one attached hydrogen (secondary N) is 1. The van der Waals surface area contributed by atoms with E-state index in [1.54, 1.807) is 0 Å². The van der Waals surface area contributed by atoms with E-state index in [1.807, 2.05) is 31.2 Å². The van der Waals surface area contributed by atoms with E-state index in [2.05, 4.69) is 5.32 Å². The molecule has 1 fully saturated rings. The molecule has 20 heavy (non-hydrogen) atoms. The third-order valence-corrected chi connectivity index (χ3v) is 3.17. The molecule has 5 heteroatoms. The highest BCUT2D eigenvalue weighted by Gasteiger charge is 2.26. The van der Waals surface area contributed by atoms with Crippen molar-refractivity contribution in [3.63, 3.8) is 0 Å². The Labute approximate surface area is 119 Å². The standard InChI is InChI=1S/C15H22N2O3/c1-2-19-12-5-7-13(8-6-12)20-10-9-14(15(16)18)17-11-3-4-11/h5-8,11,14,17H,2-4,9-10H2,1H3,(H2,16,18). The fraction of sp³-hybridized carbons (Fsp3) is 0.533. The minimum absolute atomic E-state index is 0.301. The zero-order valence-corrected chi connectivity index (χ0v) is 11.8. The van der Waals surface area contributed by atoms with E-state index >= 15 is 0 Å². The number of hydrogen-bond donors (Lipinski definition) is 2. The highest BCUT2D eigenvalue weighted by Crippen LogP contribution is 2.20. The monoisotopic (exact) mass is 278 g/mol. The molecule has 0 saturated heterocycles. The second kappa shape index (κ2) is 7.14. The zero-order chi connectivity index (χ0) is 14.4. The summed E-state index contributed by atoms with van der Waals surface area (Å²) in [6.07, 6.45) is 2.84. The number of benzene rings is 1. The molecule has 1 unspecified atom stereocenters. The molecule has 1 aromatic carbocycles. The van der Waals surface area contributed by atoms with Gasteiger partial charge in [-0.15, -0.1) is 0 Å². The maximum Gasteiger partial charge on any atom is 0.234 e. The number of rotatable bonds is 9. The van der Waals surface area contributed by atoms with Crippen LogP contribution in [-0.4, -0.2) is 31.2 Å². The van der Waals surface area contributed by atoms with Crippen LogP contribution in [0.3, 0.4) is 0 Å². The van der Waals surface area contributed by atoms with Gasteiger partial charge in [0.15, 0.2) is 0 Å². The second-order valence-electron chi connectivity index (χ2n) is 4.94. The predicted octanol–water partition coefficient (Wildman–Crippen LogP) is 1.46. The van der Waals surface area contributed by atoms with Crippen LogP contribution in [0.4, 0.5) is 0 Å². The third kappa shape index (κ3) is 4.74. The molecule has 0 aliphatic heterocycles. The average Bonchev–Trinajstić information content (AvgIpc) is 3.24. The lowest BCUT2D eigenvalue weighted by molar-refractivity contribution is -0.120. The van der Waals surface area contributed by atoms with Crippen LogP contribution in [0.1, 0.15) is 26.2 Å². The maximum absolute atomic E-state index is 11.3. The minimum atomic E-state index is -0.313. The minimum Gasteiger partial charge on any atom is -0.494 e. The molecule has 0 aromatic heterocycles. The van der Waals surface area contributed by atoms with Gasteiger partial charge in [0.1, 0.15) is 11.5 Å². The molecule has 1 aliphatic carbocycles. The Balaban J connectivity index is 1.74. The van der Waals surface area contributed by atoms with E-state index in [9.17, 15) is 4.79 Å². The highest BCUT2D eigenvalue weighted by atomic mass is 16.5. The van der Waals surface area contributed by atoms with Crippen LogP contribution in [-0.2, 0) is 4.79 Å². The molecular formula is C15H22N2O3. The summed E-state index contributed by atoms with van der Waals surface area (Å²) in [5.74, 6) is 1.28. The van der Waals surface area contributed by atoms with Gasteiger partial charge in [-0.05, 0) is 44.0 Å². The molecule has 1 aliphatic rings. The topological polar surface area (TPSA) is 73.6 Å². The molecule has 2 rings (SSSR count). The van der Waals surface area contributed by atoms with Crippen molar-refractivity contribution >= 4 is 5.91 Å². The fourth-order valence-electron chi connectivity index (χ4n) is 1.94. The summed E-state index contributed by atoms with van der Waals surface area (Å²) in [6.45, 7) is 3.05. The first kappa shape index (κ1) is 14.7. The molecule has 3 N–H and O–H groups in total. The van der Waals surface area contributed by atoms with Crippen molar-refractivity contribution in [3.05, 3.63) is 24.3 Å². The quantitative estimate of drug-likeness (QED) is 0.717. The Kier molecular flexibility index (Phi) is 5.24. The van der Waals surface area contributed by atoms with E-state index in [0.717, 1.165) is 24.3 Å². The van der Waals surface area contributed by atoms with Gasteiger partial charge in [-0.1, -0.05) is 0 Å². The van der Waals surface area contributed by atoms with Crippen molar-refractivity contribution in [2.75, 3.05) is 13.2 Å². The van der Waals surface area contributed by atoms with Crippen LogP contribution in [0.15, 0.2) is 24.3 Å². The molecule has 1 aromatic rings. The zero-order valence-electron chi connectivity index (χ0n) is 11.8. The predicted molar refractivity (Wildman–Crippen MR) is 76.9 cm³/mol. The van der Waals surface area contributed by atoms with Gasteiger partial charge in [0.25, 0.3) is 0 Å². The normalized spacial score (nSPS) is 15.7. The van der Waals surface area contributed by atoms with Gasteiger partial charge in [-0.3, -0.25) is 4.79 Å². The molecule has 0 bridgehead atoms. The van der Waals surface area contributed by atoms with Crippen LogP contribution >= 0.6 is 0 Å². The summed E-state index contributed by atoms with van der Waals surface area (Å²) in [7, 11) is 0. The Morgan fingerprint density at radius 3 is 2.40 bits per heavy atom. The van der Waals surface area contributed by atoms with Gasteiger partial charge in [0.05, 0.1) is 19.3 Å². The van der Waals surface area contributed by atoms with Crippen molar-refractivity contribution < 1.29 is 14.3 Å². The number of hydrogen-bond acceptors (Lipinski definition) is 4. The van der Waals surface area contributed by atoms with Crippen LogP contribution in [0, 0.1) is 0 Å². The van der Waals surface area contributed by atoms with E-state index in [1.165, 1.54) is 0 Å². The fourth-order valence-corrected chi connectivity index (χ4v) is 1.94. The van der Waals surface area contributed by atoms with E-state index in [-0.39, 0.29) is 11.9 Å². The van der Waals surface area contributed by atoms with Gasteiger partial charge < -0.3 is 20.5 Å². The lowest BCUT2D eigenvalue weighted by atomic mass is 10.2. The molecule has 1 amide bonds. The first-order valence-electron chi connectivity index (χ1n) is 7.10. The van der Waals surface area contributed by atoms with E-state index in [4.69, 9.17) is 15.2 Å². The summed E-state index contributed by atoms with van der Waals surface area (Å²) in [4.78, 5) is 11.3. The van der Waals surface area contributed by atoms with E-state index < -0.39 is 0 Å². The van der Waals surface area contributed by atoms with Gasteiger partial charge >= 0.3 is 0 Å². The second-order valence-corrected chi connectivity index (χ2v) is 4.94. The molecule has 5 nitrogen and oxygen atoms in total. The molecule has 1 atom stereocenters. The molecule has 110 valence electrons.